The summed E-state index contributed by atoms with van der Waals surface area (Å²) in [7, 11) is -3.08. The topological polar surface area (TPSA) is 123 Å². The lowest BCUT2D eigenvalue weighted by Gasteiger charge is -2.14. The summed E-state index contributed by atoms with van der Waals surface area (Å²) in [6.45, 7) is 3.32. The van der Waals surface area contributed by atoms with E-state index in [0.717, 1.165) is 19.2 Å². The molecule has 156 valence electrons. The summed E-state index contributed by atoms with van der Waals surface area (Å²) in [5.41, 5.74) is 0.292. The molecular formula is C19H16ClFN3O5S+. The summed E-state index contributed by atoms with van der Waals surface area (Å²) >= 11 is 5.87. The zero-order chi connectivity index (χ0) is 22.3. The van der Waals surface area contributed by atoms with Gasteiger partial charge in [-0.2, -0.15) is 10.2 Å². The number of benzene rings is 2. The fourth-order valence-electron chi connectivity index (χ4n) is 2.69. The number of hydroxylamine groups is 2. The van der Waals surface area contributed by atoms with Gasteiger partial charge in [-0.3, -0.25) is 0 Å². The van der Waals surface area contributed by atoms with Gasteiger partial charge in [-0.1, -0.05) is 30.3 Å². The van der Waals surface area contributed by atoms with E-state index >= 15 is 0 Å². The van der Waals surface area contributed by atoms with Crippen molar-refractivity contribution in [1.82, 2.24) is 9.63 Å². The van der Waals surface area contributed by atoms with Crippen molar-refractivity contribution in [3.05, 3.63) is 66.0 Å². The number of halogens is 2. The minimum atomic E-state index is -4.17. The molecule has 0 radical (unpaired) electrons. The highest BCUT2D eigenvalue weighted by atomic mass is 35.5. The van der Waals surface area contributed by atoms with Gasteiger partial charge in [0.05, 0.1) is 9.92 Å². The third kappa shape index (κ3) is 3.91. The molecule has 3 N–H and O–H groups in total. The molecule has 0 aliphatic heterocycles. The molecule has 11 heteroatoms. The maximum atomic E-state index is 13.6. The molecule has 0 bridgehead atoms. The quantitative estimate of drug-likeness (QED) is 0.264. The van der Waals surface area contributed by atoms with Gasteiger partial charge in [-0.15, -0.1) is 0 Å². The number of hydrogen-bond acceptors (Lipinski definition) is 6. The molecule has 0 aliphatic carbocycles. The van der Waals surface area contributed by atoms with Gasteiger partial charge in [-0.05, 0) is 35.0 Å². The van der Waals surface area contributed by atoms with Crippen LogP contribution in [0.25, 0.3) is 22.6 Å². The number of carbonyl (C=O) groups excluding carboxylic acids is 1. The van der Waals surface area contributed by atoms with Crippen molar-refractivity contribution < 1.29 is 27.2 Å². The zero-order valence-corrected chi connectivity index (χ0v) is 17.1. The highest BCUT2D eigenvalue weighted by molar-refractivity contribution is 7.89. The Hall–Kier alpha value is -2.89. The second-order valence-electron chi connectivity index (χ2n) is 6.35. The summed E-state index contributed by atoms with van der Waals surface area (Å²) < 4.78 is 42.0. The van der Waals surface area contributed by atoms with Gasteiger partial charge in [0, 0.05) is 17.2 Å². The molecule has 1 atom stereocenters. The predicted molar refractivity (Wildman–Crippen MR) is 108 cm³/mol. The number of oxazole rings is 1. The highest BCUT2D eigenvalue weighted by Crippen LogP contribution is 2.39. The molecule has 8 nitrogen and oxygen atoms in total. The lowest BCUT2D eigenvalue weighted by Crippen LogP contribution is -2.46. The first kappa shape index (κ1) is 21.8. The number of carbonyl (C=O) groups is 1. The van der Waals surface area contributed by atoms with Gasteiger partial charge in [0.1, 0.15) is 18.6 Å². The molecule has 3 aromatic rings. The van der Waals surface area contributed by atoms with Crippen molar-refractivity contribution in [3.8, 4) is 22.6 Å². The van der Waals surface area contributed by atoms with E-state index in [1.165, 1.54) is 36.4 Å². The van der Waals surface area contributed by atoms with E-state index in [9.17, 15) is 22.8 Å². The smallest absolute Gasteiger partial charge is 0.392 e. The molecule has 0 saturated carbocycles. The van der Waals surface area contributed by atoms with Crippen LogP contribution in [0.3, 0.4) is 0 Å². The van der Waals surface area contributed by atoms with E-state index in [-0.39, 0.29) is 32.5 Å². The molecule has 0 spiro atoms. The molecule has 30 heavy (non-hydrogen) atoms. The van der Waals surface area contributed by atoms with Crippen molar-refractivity contribution in [3.63, 3.8) is 0 Å². The average Bonchev–Trinajstić information content (AvgIpc) is 3.15. The van der Waals surface area contributed by atoms with Gasteiger partial charge < -0.3 is 4.42 Å². The Balaban J connectivity index is 2.36. The Morgan fingerprint density at radius 3 is 2.60 bits per heavy atom. The van der Waals surface area contributed by atoms with Crippen LogP contribution in [0.15, 0.2) is 64.4 Å². The Morgan fingerprint density at radius 1 is 1.33 bits per heavy atom. The summed E-state index contributed by atoms with van der Waals surface area (Å²) in [5.74, 6) is -1.65. The van der Waals surface area contributed by atoms with Crippen LogP contribution in [0.1, 0.15) is 0 Å². The van der Waals surface area contributed by atoms with Crippen LogP contribution in [0.2, 0.25) is 5.02 Å². The van der Waals surface area contributed by atoms with E-state index in [2.05, 4.69) is 11.6 Å². The number of likely N-dealkylation sites (N-methyl/N-ethyl adjacent to an activating group) is 1. The monoisotopic (exact) mass is 452 g/mol. The van der Waals surface area contributed by atoms with E-state index in [1.807, 2.05) is 0 Å². The van der Waals surface area contributed by atoms with Crippen LogP contribution in [0.5, 0.6) is 0 Å². The Kier molecular flexibility index (Phi) is 5.63. The van der Waals surface area contributed by atoms with E-state index in [0.29, 0.717) is 0 Å². The molecular weight excluding hydrogens is 437 g/mol. The molecule has 1 amide bonds. The first-order valence-electron chi connectivity index (χ1n) is 8.32. The minimum absolute atomic E-state index is 0.0123. The summed E-state index contributed by atoms with van der Waals surface area (Å²) in [5, 5.41) is 15.6. The van der Waals surface area contributed by atoms with Gasteiger partial charge >= 0.3 is 11.9 Å². The van der Waals surface area contributed by atoms with Crippen LogP contribution in [-0.4, -0.2) is 31.6 Å². The van der Waals surface area contributed by atoms with Crippen molar-refractivity contribution >= 4 is 33.5 Å². The lowest BCUT2D eigenvalue weighted by molar-refractivity contribution is -0.153. The molecule has 1 heterocycles. The van der Waals surface area contributed by atoms with E-state index in [1.54, 1.807) is 0 Å². The third-order valence-corrected chi connectivity index (χ3v) is 5.48. The van der Waals surface area contributed by atoms with Gasteiger partial charge in [0.15, 0.2) is 5.76 Å². The van der Waals surface area contributed by atoms with Crippen molar-refractivity contribution in [2.45, 2.75) is 4.90 Å². The summed E-state index contributed by atoms with van der Waals surface area (Å²) in [6, 6.07) is 8.86. The SMILES string of the molecule is C=CC(=O)[N+](C)(O)c1nc(-c2ccc(F)c(Cl)c2)c(-c2ccccc2S(N)(=O)=O)o1. The highest BCUT2D eigenvalue weighted by Gasteiger charge is 2.39. The fourth-order valence-corrected chi connectivity index (χ4v) is 3.61. The van der Waals surface area contributed by atoms with Crippen LogP contribution in [-0.2, 0) is 14.8 Å². The second-order valence-corrected chi connectivity index (χ2v) is 8.28. The lowest BCUT2D eigenvalue weighted by atomic mass is 10.1. The molecule has 2 aromatic carbocycles. The van der Waals surface area contributed by atoms with Gasteiger partial charge in [0.25, 0.3) is 0 Å². The number of nitrogens with zero attached hydrogens (tertiary/aromatic N) is 2. The van der Waals surface area contributed by atoms with Crippen molar-refractivity contribution in [2.24, 2.45) is 5.14 Å². The Bertz CT molecular complexity index is 1270. The molecule has 1 aromatic heterocycles. The van der Waals surface area contributed by atoms with Crippen LogP contribution >= 0.6 is 11.6 Å². The van der Waals surface area contributed by atoms with E-state index in [4.69, 9.17) is 21.2 Å². The number of sulfonamides is 1. The molecule has 0 saturated heterocycles. The number of hydrogen-bond donors (Lipinski definition) is 2. The van der Waals surface area contributed by atoms with Gasteiger partial charge in [-0.25, -0.2) is 22.7 Å². The minimum Gasteiger partial charge on any atom is -0.392 e. The average molecular weight is 453 g/mol. The number of primary sulfonamides is 1. The normalized spacial score (nSPS) is 13.6. The number of aromatic nitrogens is 1. The molecule has 0 aliphatic rings. The largest absolute Gasteiger partial charge is 0.446 e. The summed E-state index contributed by atoms with van der Waals surface area (Å²) in [6.07, 6.45) is 0.872. The number of rotatable bonds is 5. The number of amides is 1. The number of quaternary nitrogens is 1. The predicted octanol–water partition coefficient (Wildman–Crippen LogP) is 3.49. The second kappa shape index (κ2) is 7.74. The first-order chi connectivity index (χ1) is 14.0. The van der Waals surface area contributed by atoms with Crippen LogP contribution in [0.4, 0.5) is 10.4 Å². The summed E-state index contributed by atoms with van der Waals surface area (Å²) in [4.78, 5) is 16.0. The zero-order valence-electron chi connectivity index (χ0n) is 15.5. The Labute approximate surface area is 176 Å². The van der Waals surface area contributed by atoms with Gasteiger partial charge in [0.2, 0.25) is 10.0 Å². The van der Waals surface area contributed by atoms with E-state index < -0.39 is 32.4 Å². The third-order valence-electron chi connectivity index (χ3n) is 4.22. The molecule has 0 fully saturated rings. The van der Waals surface area contributed by atoms with Crippen LogP contribution < -0.4 is 9.79 Å². The standard InChI is InChI=1S/C19H16ClFN3O5S/c1-3-16(25)24(2,26)19-23-17(11-8-9-14(21)13(20)10-11)18(29-19)12-6-4-5-7-15(12)30(22,27)28/h3-10,26H,1H2,2H3,(H2,22,27,28)/q+1. The molecule has 1 unspecified atom stereocenters. The maximum Gasteiger partial charge on any atom is 0.446 e. The van der Waals surface area contributed by atoms with Crippen molar-refractivity contribution in [2.75, 3.05) is 7.05 Å². The number of nitrogens with two attached hydrogens (primary N) is 1. The van der Waals surface area contributed by atoms with Crippen molar-refractivity contribution in [1.29, 1.82) is 0 Å². The van der Waals surface area contributed by atoms with Crippen LogP contribution in [0, 0.1) is 5.82 Å². The Morgan fingerprint density at radius 2 is 2.00 bits per heavy atom. The first-order valence-corrected chi connectivity index (χ1v) is 10.2. The maximum absolute atomic E-state index is 13.6. The fraction of sp³-hybridized carbons (Fsp3) is 0.0526. The molecule has 3 rings (SSSR count).